The van der Waals surface area contributed by atoms with Crippen molar-refractivity contribution in [3.63, 3.8) is 0 Å². The summed E-state index contributed by atoms with van der Waals surface area (Å²) >= 11 is 0. The van der Waals surface area contributed by atoms with Crippen LogP contribution in [0, 0.1) is 5.92 Å². The van der Waals surface area contributed by atoms with Crippen molar-refractivity contribution >= 4 is 17.5 Å². The average molecular weight is 260 g/mol. The van der Waals surface area contributed by atoms with Gasteiger partial charge in [0.1, 0.15) is 0 Å². The van der Waals surface area contributed by atoms with Gasteiger partial charge < -0.3 is 10.2 Å². The van der Waals surface area contributed by atoms with E-state index in [1.807, 2.05) is 12.1 Å². The summed E-state index contributed by atoms with van der Waals surface area (Å²) < 4.78 is 0. The molecule has 102 valence electrons. The summed E-state index contributed by atoms with van der Waals surface area (Å²) in [6.45, 7) is 4.80. The summed E-state index contributed by atoms with van der Waals surface area (Å²) in [5.74, 6) is 0.519. The normalized spacial score (nSPS) is 14.5. The van der Waals surface area contributed by atoms with E-state index in [-0.39, 0.29) is 11.8 Å². The first-order valence-electron chi connectivity index (χ1n) is 6.66. The highest BCUT2D eigenvalue weighted by Gasteiger charge is 2.21. The summed E-state index contributed by atoms with van der Waals surface area (Å²) in [7, 11) is 1.78. The van der Waals surface area contributed by atoms with Crippen molar-refractivity contribution in [2.75, 3.05) is 18.5 Å². The van der Waals surface area contributed by atoms with Gasteiger partial charge in [-0.05, 0) is 36.1 Å². The van der Waals surface area contributed by atoms with Gasteiger partial charge in [-0.25, -0.2) is 0 Å². The standard InChI is InChI=1S/C15H20N2O2/c1-10(2)9-16-15(19)12-4-6-13-11(8-12)5-7-14(18)17(13)3/h4,6,8,10H,5,7,9H2,1-3H3,(H,16,19). The van der Waals surface area contributed by atoms with Crippen LogP contribution in [0.3, 0.4) is 0 Å². The first-order chi connectivity index (χ1) is 8.99. The second-order valence-corrected chi connectivity index (χ2v) is 5.40. The summed E-state index contributed by atoms with van der Waals surface area (Å²) in [4.78, 5) is 25.3. The molecular weight excluding hydrogens is 240 g/mol. The van der Waals surface area contributed by atoms with Crippen molar-refractivity contribution in [1.82, 2.24) is 5.32 Å². The number of fused-ring (bicyclic) bond motifs is 1. The zero-order valence-electron chi connectivity index (χ0n) is 11.7. The smallest absolute Gasteiger partial charge is 0.251 e. The molecule has 0 saturated carbocycles. The van der Waals surface area contributed by atoms with E-state index in [4.69, 9.17) is 0 Å². The molecule has 0 atom stereocenters. The number of amides is 2. The minimum Gasteiger partial charge on any atom is -0.352 e. The fourth-order valence-corrected chi connectivity index (χ4v) is 2.20. The van der Waals surface area contributed by atoms with Gasteiger partial charge in [-0.1, -0.05) is 13.8 Å². The fraction of sp³-hybridized carbons (Fsp3) is 0.467. The minimum atomic E-state index is -0.0453. The van der Waals surface area contributed by atoms with Gasteiger partial charge in [-0.2, -0.15) is 0 Å². The molecular formula is C15H20N2O2. The number of nitrogens with zero attached hydrogens (tertiary/aromatic N) is 1. The maximum Gasteiger partial charge on any atom is 0.251 e. The molecule has 1 aliphatic heterocycles. The van der Waals surface area contributed by atoms with Crippen LogP contribution < -0.4 is 10.2 Å². The lowest BCUT2D eigenvalue weighted by Crippen LogP contribution is -2.32. The maximum atomic E-state index is 12.0. The molecule has 1 aromatic carbocycles. The molecule has 0 saturated heterocycles. The van der Waals surface area contributed by atoms with Crippen LogP contribution in [0.4, 0.5) is 5.69 Å². The molecule has 0 spiro atoms. The molecule has 0 radical (unpaired) electrons. The van der Waals surface area contributed by atoms with E-state index in [0.717, 1.165) is 11.3 Å². The highest BCUT2D eigenvalue weighted by molar-refractivity contribution is 5.98. The highest BCUT2D eigenvalue weighted by Crippen LogP contribution is 2.27. The molecule has 2 amide bonds. The van der Waals surface area contributed by atoms with Crippen LogP contribution in [0.15, 0.2) is 18.2 Å². The quantitative estimate of drug-likeness (QED) is 0.903. The van der Waals surface area contributed by atoms with Gasteiger partial charge in [0.15, 0.2) is 0 Å². The Bertz CT molecular complexity index is 509. The van der Waals surface area contributed by atoms with Crippen molar-refractivity contribution < 1.29 is 9.59 Å². The first-order valence-corrected chi connectivity index (χ1v) is 6.66. The van der Waals surface area contributed by atoms with Crippen molar-refractivity contribution in [2.24, 2.45) is 5.92 Å². The van der Waals surface area contributed by atoms with Gasteiger partial charge >= 0.3 is 0 Å². The highest BCUT2D eigenvalue weighted by atomic mass is 16.2. The summed E-state index contributed by atoms with van der Waals surface area (Å²) in [5, 5.41) is 2.91. The number of aryl methyl sites for hydroxylation is 1. The Labute approximate surface area is 113 Å². The topological polar surface area (TPSA) is 49.4 Å². The van der Waals surface area contributed by atoms with Crippen molar-refractivity contribution in [1.29, 1.82) is 0 Å². The maximum absolute atomic E-state index is 12.0. The van der Waals surface area contributed by atoms with Crippen LogP contribution in [-0.4, -0.2) is 25.4 Å². The lowest BCUT2D eigenvalue weighted by Gasteiger charge is -2.26. The van der Waals surface area contributed by atoms with Gasteiger partial charge in [-0.3, -0.25) is 9.59 Å². The predicted octanol–water partition coefficient (Wildman–Crippen LogP) is 1.98. The van der Waals surface area contributed by atoms with Crippen LogP contribution in [0.25, 0.3) is 0 Å². The van der Waals surface area contributed by atoms with Gasteiger partial charge in [0, 0.05) is 31.3 Å². The van der Waals surface area contributed by atoms with Crippen LogP contribution in [0.5, 0.6) is 0 Å². The molecule has 0 aliphatic carbocycles. The number of carbonyl (C=O) groups is 2. The molecule has 2 rings (SSSR count). The molecule has 1 aliphatic rings. The fourth-order valence-electron chi connectivity index (χ4n) is 2.20. The zero-order chi connectivity index (χ0) is 14.0. The van der Waals surface area contributed by atoms with Gasteiger partial charge in [0.25, 0.3) is 5.91 Å². The largest absolute Gasteiger partial charge is 0.352 e. The molecule has 0 aromatic heterocycles. The Morgan fingerprint density at radius 2 is 2.11 bits per heavy atom. The van der Waals surface area contributed by atoms with E-state index in [0.29, 0.717) is 30.9 Å². The second kappa shape index (κ2) is 5.43. The SMILES string of the molecule is CC(C)CNC(=O)c1ccc2c(c1)CCC(=O)N2C. The molecule has 4 nitrogen and oxygen atoms in total. The molecule has 0 unspecified atom stereocenters. The number of nitrogens with one attached hydrogen (secondary N) is 1. The van der Waals surface area contributed by atoms with Crippen LogP contribution >= 0.6 is 0 Å². The molecule has 1 heterocycles. The van der Waals surface area contributed by atoms with E-state index < -0.39 is 0 Å². The molecule has 1 aromatic rings. The van der Waals surface area contributed by atoms with Gasteiger partial charge in [-0.15, -0.1) is 0 Å². The van der Waals surface area contributed by atoms with Crippen molar-refractivity contribution in [3.8, 4) is 0 Å². The summed E-state index contributed by atoms with van der Waals surface area (Å²) in [5.41, 5.74) is 2.65. The van der Waals surface area contributed by atoms with Crippen LogP contribution in [0.2, 0.25) is 0 Å². The Balaban J connectivity index is 2.17. The average Bonchev–Trinajstić information content (AvgIpc) is 2.40. The Hall–Kier alpha value is -1.84. The van der Waals surface area contributed by atoms with Crippen LogP contribution in [0.1, 0.15) is 36.2 Å². The lowest BCUT2D eigenvalue weighted by molar-refractivity contribution is -0.118. The monoisotopic (exact) mass is 260 g/mol. The van der Waals surface area contributed by atoms with Crippen molar-refractivity contribution in [3.05, 3.63) is 29.3 Å². The molecule has 1 N–H and O–H groups in total. The minimum absolute atomic E-state index is 0.0453. The molecule has 4 heteroatoms. The third kappa shape index (κ3) is 2.95. The van der Waals surface area contributed by atoms with E-state index in [2.05, 4.69) is 19.2 Å². The van der Waals surface area contributed by atoms with Gasteiger partial charge in [0.2, 0.25) is 5.91 Å². The summed E-state index contributed by atoms with van der Waals surface area (Å²) in [6.07, 6.45) is 1.23. The number of rotatable bonds is 3. The predicted molar refractivity (Wildman–Crippen MR) is 75.3 cm³/mol. The zero-order valence-corrected chi connectivity index (χ0v) is 11.7. The van der Waals surface area contributed by atoms with Gasteiger partial charge in [0.05, 0.1) is 0 Å². The number of hydrogen-bond acceptors (Lipinski definition) is 2. The Morgan fingerprint density at radius 1 is 1.37 bits per heavy atom. The van der Waals surface area contributed by atoms with E-state index in [1.54, 1.807) is 18.0 Å². The third-order valence-electron chi connectivity index (χ3n) is 3.36. The first kappa shape index (κ1) is 13.6. The molecule has 0 fully saturated rings. The number of hydrogen-bond donors (Lipinski definition) is 1. The number of carbonyl (C=O) groups excluding carboxylic acids is 2. The molecule has 19 heavy (non-hydrogen) atoms. The third-order valence-corrected chi connectivity index (χ3v) is 3.36. The lowest BCUT2D eigenvalue weighted by atomic mass is 9.99. The molecule has 0 bridgehead atoms. The van der Waals surface area contributed by atoms with E-state index in [1.165, 1.54) is 0 Å². The Morgan fingerprint density at radius 3 is 2.79 bits per heavy atom. The number of anilines is 1. The second-order valence-electron chi connectivity index (χ2n) is 5.40. The summed E-state index contributed by atoms with van der Waals surface area (Å²) in [6, 6.07) is 5.54. The Kier molecular flexibility index (Phi) is 3.88. The number of benzene rings is 1. The van der Waals surface area contributed by atoms with E-state index >= 15 is 0 Å². The van der Waals surface area contributed by atoms with E-state index in [9.17, 15) is 9.59 Å². The van der Waals surface area contributed by atoms with Crippen LogP contribution in [-0.2, 0) is 11.2 Å². The van der Waals surface area contributed by atoms with Crippen molar-refractivity contribution in [2.45, 2.75) is 26.7 Å².